The van der Waals surface area contributed by atoms with Crippen LogP contribution in [0, 0.1) is 5.92 Å². The van der Waals surface area contributed by atoms with Gasteiger partial charge in [0.2, 0.25) is 5.91 Å². The number of nitrogens with one attached hydrogen (secondary N) is 2. The molecule has 1 amide bonds. The molecule has 1 saturated carbocycles. The Hall–Kier alpha value is -0.820. The molecule has 1 saturated heterocycles. The summed E-state index contributed by atoms with van der Waals surface area (Å²) in [7, 11) is 0. The summed E-state index contributed by atoms with van der Waals surface area (Å²) in [4.78, 5) is 14.5. The monoisotopic (exact) mass is 363 g/mol. The number of nitrogens with zero attached hydrogens (tertiary/aromatic N) is 3. The topological polar surface area (TPSA) is 62.2 Å². The van der Waals surface area contributed by atoms with Crippen LogP contribution in [-0.2, 0) is 4.79 Å². The number of aromatic nitrogens is 2. The molecular formula is C15H27Cl2N5O. The predicted molar refractivity (Wildman–Crippen MR) is 96.7 cm³/mol. The average Bonchev–Trinajstić information content (AvgIpc) is 3.21. The van der Waals surface area contributed by atoms with Crippen molar-refractivity contribution in [2.75, 3.05) is 31.5 Å². The van der Waals surface area contributed by atoms with E-state index in [1.807, 2.05) is 10.7 Å². The standard InChI is InChI=1S/C15H25N5O.2ClH/c1-11-9-16-7-8-19(11)10-15(21)18-14-5-6-17-20(14)12(2)13-3-4-13;;/h5-6,11-13,16H,3-4,7-10H2,1-2H3,(H,18,21);2*1H/t11-,12?;;/m1../s1. The van der Waals surface area contributed by atoms with Crippen LogP contribution in [0.1, 0.15) is 32.7 Å². The molecule has 2 N–H and O–H groups in total. The number of amides is 1. The minimum absolute atomic E-state index is 0. The maximum absolute atomic E-state index is 12.3. The van der Waals surface area contributed by atoms with Gasteiger partial charge in [-0.25, -0.2) is 4.68 Å². The molecule has 0 aromatic carbocycles. The Bertz CT molecular complexity index is 506. The molecule has 132 valence electrons. The Kier molecular flexibility index (Phi) is 7.80. The average molecular weight is 364 g/mol. The largest absolute Gasteiger partial charge is 0.314 e. The van der Waals surface area contributed by atoms with Gasteiger partial charge in [0.05, 0.1) is 18.8 Å². The highest BCUT2D eigenvalue weighted by Crippen LogP contribution is 2.40. The fourth-order valence-electron chi connectivity index (χ4n) is 3.00. The predicted octanol–water partition coefficient (Wildman–Crippen LogP) is 1.93. The van der Waals surface area contributed by atoms with Crippen LogP contribution in [0.2, 0.25) is 0 Å². The lowest BCUT2D eigenvalue weighted by molar-refractivity contribution is -0.118. The van der Waals surface area contributed by atoms with Gasteiger partial charge in [-0.1, -0.05) is 0 Å². The van der Waals surface area contributed by atoms with E-state index < -0.39 is 0 Å². The molecule has 2 heterocycles. The number of hydrogen-bond donors (Lipinski definition) is 2. The zero-order valence-corrected chi connectivity index (χ0v) is 15.3. The van der Waals surface area contributed by atoms with Gasteiger partial charge in [0.15, 0.2) is 0 Å². The summed E-state index contributed by atoms with van der Waals surface area (Å²) >= 11 is 0. The molecule has 1 aromatic heterocycles. The van der Waals surface area contributed by atoms with E-state index in [2.05, 4.69) is 34.5 Å². The van der Waals surface area contributed by atoms with Crippen LogP contribution in [0.3, 0.4) is 0 Å². The first-order valence-electron chi connectivity index (χ1n) is 7.93. The van der Waals surface area contributed by atoms with E-state index in [9.17, 15) is 4.79 Å². The minimum Gasteiger partial charge on any atom is -0.314 e. The highest BCUT2D eigenvalue weighted by Gasteiger charge is 2.31. The maximum atomic E-state index is 12.3. The summed E-state index contributed by atoms with van der Waals surface area (Å²) in [6.07, 6.45) is 4.31. The molecular weight excluding hydrogens is 337 g/mol. The van der Waals surface area contributed by atoms with Crippen LogP contribution in [0.25, 0.3) is 0 Å². The Labute approximate surface area is 150 Å². The molecule has 0 bridgehead atoms. The van der Waals surface area contributed by atoms with Crippen molar-refractivity contribution in [3.8, 4) is 0 Å². The highest BCUT2D eigenvalue weighted by atomic mass is 35.5. The molecule has 1 unspecified atom stereocenters. The van der Waals surface area contributed by atoms with E-state index in [0.29, 0.717) is 24.5 Å². The zero-order chi connectivity index (χ0) is 14.8. The molecule has 2 atom stereocenters. The summed E-state index contributed by atoms with van der Waals surface area (Å²) in [6, 6.07) is 2.66. The summed E-state index contributed by atoms with van der Waals surface area (Å²) < 4.78 is 1.96. The first kappa shape index (κ1) is 20.2. The van der Waals surface area contributed by atoms with Gasteiger partial charge >= 0.3 is 0 Å². The Balaban J connectivity index is 0.00000132. The van der Waals surface area contributed by atoms with E-state index >= 15 is 0 Å². The first-order chi connectivity index (χ1) is 10.1. The van der Waals surface area contributed by atoms with Gasteiger partial charge in [-0.15, -0.1) is 24.8 Å². The summed E-state index contributed by atoms with van der Waals surface area (Å²) in [5.41, 5.74) is 0. The number of hydrogen-bond acceptors (Lipinski definition) is 4. The number of anilines is 1. The van der Waals surface area contributed by atoms with Gasteiger partial charge in [0.1, 0.15) is 5.82 Å². The molecule has 1 aromatic rings. The highest BCUT2D eigenvalue weighted by molar-refractivity contribution is 5.91. The van der Waals surface area contributed by atoms with Gasteiger partial charge in [0, 0.05) is 31.7 Å². The fourth-order valence-corrected chi connectivity index (χ4v) is 3.00. The molecule has 1 aliphatic heterocycles. The van der Waals surface area contributed by atoms with E-state index in [4.69, 9.17) is 0 Å². The molecule has 23 heavy (non-hydrogen) atoms. The van der Waals surface area contributed by atoms with Crippen molar-refractivity contribution in [3.63, 3.8) is 0 Å². The fraction of sp³-hybridized carbons (Fsp3) is 0.733. The van der Waals surface area contributed by atoms with Crippen molar-refractivity contribution in [3.05, 3.63) is 12.3 Å². The first-order valence-corrected chi connectivity index (χ1v) is 7.93. The van der Waals surface area contributed by atoms with E-state index in [1.165, 1.54) is 12.8 Å². The molecule has 2 aliphatic rings. The summed E-state index contributed by atoms with van der Waals surface area (Å²) in [5, 5.41) is 10.7. The summed E-state index contributed by atoms with van der Waals surface area (Å²) in [5.74, 6) is 1.59. The van der Waals surface area contributed by atoms with Gasteiger partial charge in [0.25, 0.3) is 0 Å². The SMILES string of the molecule is CC(C1CC1)n1nccc1NC(=O)CN1CCNC[C@H]1C.Cl.Cl. The number of piperazine rings is 1. The number of carbonyl (C=O) groups is 1. The van der Waals surface area contributed by atoms with E-state index in [0.717, 1.165) is 25.5 Å². The molecule has 2 fully saturated rings. The van der Waals surface area contributed by atoms with Crippen molar-refractivity contribution in [1.82, 2.24) is 20.0 Å². The third kappa shape index (κ3) is 5.08. The lowest BCUT2D eigenvalue weighted by Gasteiger charge is -2.33. The Morgan fingerprint density at radius 2 is 2.22 bits per heavy atom. The molecule has 8 heteroatoms. The van der Waals surface area contributed by atoms with Gasteiger partial charge in [-0.3, -0.25) is 9.69 Å². The third-order valence-electron chi connectivity index (χ3n) is 4.61. The van der Waals surface area contributed by atoms with Crippen LogP contribution in [0.5, 0.6) is 0 Å². The molecule has 0 radical (unpaired) electrons. The Morgan fingerprint density at radius 1 is 1.48 bits per heavy atom. The van der Waals surface area contributed by atoms with Crippen molar-refractivity contribution >= 4 is 36.5 Å². The van der Waals surface area contributed by atoms with Crippen molar-refractivity contribution < 1.29 is 4.79 Å². The molecule has 6 nitrogen and oxygen atoms in total. The second-order valence-corrected chi connectivity index (χ2v) is 6.31. The van der Waals surface area contributed by atoms with Crippen LogP contribution < -0.4 is 10.6 Å². The number of rotatable bonds is 5. The molecule has 3 rings (SSSR count). The lowest BCUT2D eigenvalue weighted by atomic mass is 10.2. The third-order valence-corrected chi connectivity index (χ3v) is 4.61. The second kappa shape index (κ2) is 8.87. The lowest BCUT2D eigenvalue weighted by Crippen LogP contribution is -2.52. The van der Waals surface area contributed by atoms with Crippen LogP contribution in [0.4, 0.5) is 5.82 Å². The Morgan fingerprint density at radius 3 is 2.87 bits per heavy atom. The second-order valence-electron chi connectivity index (χ2n) is 6.31. The summed E-state index contributed by atoms with van der Waals surface area (Å²) in [6.45, 7) is 7.61. The number of halogens is 2. The van der Waals surface area contributed by atoms with Crippen LogP contribution >= 0.6 is 24.8 Å². The zero-order valence-electron chi connectivity index (χ0n) is 13.7. The van der Waals surface area contributed by atoms with Crippen molar-refractivity contribution in [1.29, 1.82) is 0 Å². The number of carbonyl (C=O) groups excluding carboxylic acids is 1. The van der Waals surface area contributed by atoms with Crippen LogP contribution in [-0.4, -0.2) is 52.8 Å². The van der Waals surface area contributed by atoms with Crippen molar-refractivity contribution in [2.24, 2.45) is 5.92 Å². The van der Waals surface area contributed by atoms with Gasteiger partial charge < -0.3 is 10.6 Å². The smallest absolute Gasteiger partial charge is 0.239 e. The van der Waals surface area contributed by atoms with E-state index in [-0.39, 0.29) is 30.7 Å². The normalized spacial score (nSPS) is 22.6. The molecule has 1 aliphatic carbocycles. The van der Waals surface area contributed by atoms with Gasteiger partial charge in [-0.2, -0.15) is 5.10 Å². The quantitative estimate of drug-likeness (QED) is 0.838. The van der Waals surface area contributed by atoms with E-state index in [1.54, 1.807) is 6.20 Å². The van der Waals surface area contributed by atoms with Crippen LogP contribution in [0.15, 0.2) is 12.3 Å². The molecule has 0 spiro atoms. The van der Waals surface area contributed by atoms with Gasteiger partial charge in [-0.05, 0) is 32.6 Å². The maximum Gasteiger partial charge on any atom is 0.239 e. The van der Waals surface area contributed by atoms with Crippen molar-refractivity contribution in [2.45, 2.75) is 38.8 Å². The minimum atomic E-state index is 0.